The van der Waals surface area contributed by atoms with E-state index in [1.165, 1.54) is 11.3 Å². The van der Waals surface area contributed by atoms with Crippen molar-refractivity contribution >= 4 is 29.0 Å². The van der Waals surface area contributed by atoms with Crippen molar-refractivity contribution in [1.82, 2.24) is 10.6 Å². The summed E-state index contributed by atoms with van der Waals surface area (Å²) in [7, 11) is 0. The van der Waals surface area contributed by atoms with Gasteiger partial charge in [-0.05, 0) is 38.3 Å². The van der Waals surface area contributed by atoms with Crippen LogP contribution in [-0.2, 0) is 0 Å². The van der Waals surface area contributed by atoms with Gasteiger partial charge in [-0.3, -0.25) is 0 Å². The second-order valence-electron chi connectivity index (χ2n) is 4.91. The highest BCUT2D eigenvalue weighted by atomic mass is 35.5. The molecule has 3 atom stereocenters. The molecule has 0 aliphatic rings. The predicted molar refractivity (Wildman–Crippen MR) is 79.7 cm³/mol. The highest BCUT2D eigenvalue weighted by molar-refractivity contribution is 7.16. The van der Waals surface area contributed by atoms with Crippen LogP contribution < -0.4 is 10.6 Å². The summed E-state index contributed by atoms with van der Waals surface area (Å²) in [5, 5.41) is 14.9. The smallest absolute Gasteiger partial charge is 0.315 e. The van der Waals surface area contributed by atoms with Crippen molar-refractivity contribution < 1.29 is 9.90 Å². The van der Waals surface area contributed by atoms with Crippen LogP contribution in [0.3, 0.4) is 0 Å². The fraction of sp³-hybridized carbons (Fsp3) is 0.615. The number of carbonyl (C=O) groups is 1. The first-order valence-corrected chi connectivity index (χ1v) is 7.55. The van der Waals surface area contributed by atoms with Gasteiger partial charge in [-0.1, -0.05) is 18.5 Å². The van der Waals surface area contributed by atoms with E-state index in [1.54, 1.807) is 6.92 Å². The number of thiophene rings is 1. The first kappa shape index (κ1) is 16.3. The van der Waals surface area contributed by atoms with Crippen molar-refractivity contribution in [1.29, 1.82) is 0 Å². The third-order valence-electron chi connectivity index (χ3n) is 2.72. The normalized spacial score (nSPS) is 15.6. The number of hydrogen-bond donors (Lipinski definition) is 3. The highest BCUT2D eigenvalue weighted by Gasteiger charge is 2.12. The van der Waals surface area contributed by atoms with Crippen LogP contribution in [0.1, 0.15) is 38.1 Å². The largest absolute Gasteiger partial charge is 0.393 e. The van der Waals surface area contributed by atoms with Crippen LogP contribution in [0.25, 0.3) is 0 Å². The van der Waals surface area contributed by atoms with Crippen molar-refractivity contribution in [3.8, 4) is 0 Å². The molecule has 1 heterocycles. The standard InChI is InChI=1S/C13H21ClN2O2S/c1-8(6-9(2)17)7-15-13(18)16-10(3)11-4-5-12(14)19-11/h4-5,8-10,17H,6-7H2,1-3H3,(H2,15,16,18). The van der Waals surface area contributed by atoms with E-state index >= 15 is 0 Å². The van der Waals surface area contributed by atoms with Crippen molar-refractivity contribution in [2.75, 3.05) is 6.54 Å². The molecule has 0 aliphatic carbocycles. The van der Waals surface area contributed by atoms with Gasteiger partial charge in [-0.15, -0.1) is 11.3 Å². The minimum Gasteiger partial charge on any atom is -0.393 e. The fourth-order valence-corrected chi connectivity index (χ4v) is 2.88. The fourth-order valence-electron chi connectivity index (χ4n) is 1.81. The molecule has 2 amide bonds. The molecule has 0 fully saturated rings. The molecule has 1 aromatic heterocycles. The lowest BCUT2D eigenvalue weighted by molar-refractivity contribution is 0.163. The molecule has 0 radical (unpaired) electrons. The number of amides is 2. The van der Waals surface area contributed by atoms with Crippen LogP contribution in [0.2, 0.25) is 4.34 Å². The molecule has 3 unspecified atom stereocenters. The highest BCUT2D eigenvalue weighted by Crippen LogP contribution is 2.26. The van der Waals surface area contributed by atoms with E-state index in [0.717, 1.165) is 9.21 Å². The lowest BCUT2D eigenvalue weighted by atomic mass is 10.1. The van der Waals surface area contributed by atoms with Gasteiger partial charge in [0.2, 0.25) is 0 Å². The summed E-state index contributed by atoms with van der Waals surface area (Å²) < 4.78 is 0.717. The molecule has 0 saturated heterocycles. The number of halogens is 1. The molecule has 0 saturated carbocycles. The maximum Gasteiger partial charge on any atom is 0.315 e. The molecule has 108 valence electrons. The van der Waals surface area contributed by atoms with Gasteiger partial charge < -0.3 is 15.7 Å². The quantitative estimate of drug-likeness (QED) is 0.756. The number of aliphatic hydroxyl groups excluding tert-OH is 1. The van der Waals surface area contributed by atoms with Gasteiger partial charge in [0.05, 0.1) is 16.5 Å². The summed E-state index contributed by atoms with van der Waals surface area (Å²) in [4.78, 5) is 12.7. The topological polar surface area (TPSA) is 61.4 Å². The molecule has 1 rings (SSSR count). The summed E-state index contributed by atoms with van der Waals surface area (Å²) in [6, 6.07) is 3.47. The predicted octanol–water partition coefficient (Wildman–Crippen LogP) is 3.17. The van der Waals surface area contributed by atoms with E-state index in [-0.39, 0.29) is 24.1 Å². The number of nitrogens with one attached hydrogen (secondary N) is 2. The lowest BCUT2D eigenvalue weighted by Crippen LogP contribution is -2.39. The zero-order valence-electron chi connectivity index (χ0n) is 11.4. The minimum atomic E-state index is -0.341. The van der Waals surface area contributed by atoms with E-state index in [2.05, 4.69) is 10.6 Å². The van der Waals surface area contributed by atoms with Crippen LogP contribution in [0.5, 0.6) is 0 Å². The second-order valence-corrected chi connectivity index (χ2v) is 6.65. The van der Waals surface area contributed by atoms with Crippen LogP contribution in [-0.4, -0.2) is 23.8 Å². The maximum atomic E-state index is 11.7. The Hall–Kier alpha value is -0.780. The molecule has 4 nitrogen and oxygen atoms in total. The van der Waals surface area contributed by atoms with Gasteiger partial charge in [0.15, 0.2) is 0 Å². The van der Waals surface area contributed by atoms with Crippen LogP contribution in [0, 0.1) is 5.92 Å². The van der Waals surface area contributed by atoms with Crippen LogP contribution in [0.4, 0.5) is 4.79 Å². The van der Waals surface area contributed by atoms with Gasteiger partial charge in [0.25, 0.3) is 0 Å². The Kier molecular flexibility index (Phi) is 6.62. The van der Waals surface area contributed by atoms with Gasteiger partial charge in [-0.2, -0.15) is 0 Å². The third-order valence-corrected chi connectivity index (χ3v) is 4.14. The van der Waals surface area contributed by atoms with E-state index in [9.17, 15) is 9.90 Å². The Bertz CT molecular complexity index is 409. The zero-order valence-corrected chi connectivity index (χ0v) is 13.0. The molecule has 0 spiro atoms. The summed E-state index contributed by atoms with van der Waals surface area (Å²) in [6.07, 6.45) is 0.336. The first-order chi connectivity index (χ1) is 8.88. The van der Waals surface area contributed by atoms with Gasteiger partial charge in [0, 0.05) is 11.4 Å². The Morgan fingerprint density at radius 1 is 1.42 bits per heavy atom. The van der Waals surface area contributed by atoms with E-state index in [0.29, 0.717) is 13.0 Å². The zero-order chi connectivity index (χ0) is 14.4. The summed E-state index contributed by atoms with van der Waals surface area (Å²) in [5.74, 6) is 0.247. The van der Waals surface area contributed by atoms with Crippen molar-refractivity contribution in [3.05, 3.63) is 21.3 Å². The molecule has 0 aliphatic heterocycles. The minimum absolute atomic E-state index is 0.0652. The molecule has 19 heavy (non-hydrogen) atoms. The van der Waals surface area contributed by atoms with Crippen LogP contribution in [0.15, 0.2) is 12.1 Å². The van der Waals surface area contributed by atoms with Crippen LogP contribution >= 0.6 is 22.9 Å². The molecule has 6 heteroatoms. The molecule has 1 aromatic rings. The average molecular weight is 305 g/mol. The summed E-state index contributed by atoms with van der Waals surface area (Å²) in [5.41, 5.74) is 0. The van der Waals surface area contributed by atoms with E-state index < -0.39 is 0 Å². The van der Waals surface area contributed by atoms with Gasteiger partial charge >= 0.3 is 6.03 Å². The number of aliphatic hydroxyl groups is 1. The monoisotopic (exact) mass is 304 g/mol. The van der Waals surface area contributed by atoms with Gasteiger partial charge in [-0.25, -0.2) is 4.79 Å². The number of carbonyl (C=O) groups excluding carboxylic acids is 1. The molecule has 0 aromatic carbocycles. The molecular formula is C13H21ClN2O2S. The summed E-state index contributed by atoms with van der Waals surface area (Å²) in [6.45, 7) is 6.21. The molecular weight excluding hydrogens is 284 g/mol. The Labute approximate surface area is 123 Å². The van der Waals surface area contributed by atoms with Crippen molar-refractivity contribution in [2.24, 2.45) is 5.92 Å². The average Bonchev–Trinajstić information content (AvgIpc) is 2.72. The Morgan fingerprint density at radius 2 is 2.11 bits per heavy atom. The third kappa shape index (κ3) is 6.27. The lowest BCUT2D eigenvalue weighted by Gasteiger charge is -2.16. The SMILES string of the molecule is CC(O)CC(C)CNC(=O)NC(C)c1ccc(Cl)s1. The van der Waals surface area contributed by atoms with E-state index in [1.807, 2.05) is 26.0 Å². The van der Waals surface area contributed by atoms with Crippen molar-refractivity contribution in [3.63, 3.8) is 0 Å². The summed E-state index contributed by atoms with van der Waals surface area (Å²) >= 11 is 7.32. The van der Waals surface area contributed by atoms with E-state index in [4.69, 9.17) is 11.6 Å². The van der Waals surface area contributed by atoms with Gasteiger partial charge in [0.1, 0.15) is 0 Å². The molecule has 0 bridgehead atoms. The maximum absolute atomic E-state index is 11.7. The second kappa shape index (κ2) is 7.72. The number of urea groups is 1. The number of rotatable bonds is 6. The van der Waals surface area contributed by atoms with Crippen molar-refractivity contribution in [2.45, 2.75) is 39.3 Å². The Morgan fingerprint density at radius 3 is 2.63 bits per heavy atom. The molecule has 3 N–H and O–H groups in total. The first-order valence-electron chi connectivity index (χ1n) is 6.36. The number of hydrogen-bond acceptors (Lipinski definition) is 3. The Balaban J connectivity index is 2.31.